The van der Waals surface area contributed by atoms with E-state index in [1.54, 1.807) is 12.7 Å². The molecule has 2 aromatic carbocycles. The lowest BCUT2D eigenvalue weighted by Gasteiger charge is -2.37. The van der Waals surface area contributed by atoms with Crippen molar-refractivity contribution in [1.82, 2.24) is 29.5 Å². The topological polar surface area (TPSA) is 61.4 Å². The number of benzene rings is 2. The fourth-order valence-electron chi connectivity index (χ4n) is 4.15. The van der Waals surface area contributed by atoms with Crippen molar-refractivity contribution in [1.29, 1.82) is 0 Å². The molecule has 0 spiro atoms. The lowest BCUT2D eigenvalue weighted by molar-refractivity contribution is 0.273. The molecule has 0 fully saturated rings. The highest BCUT2D eigenvalue weighted by atomic mass is 15.3. The largest absolute Gasteiger partial charge is 0.221 e. The normalized spacial score (nSPS) is 18.1. The van der Waals surface area contributed by atoms with Crippen LogP contribution in [0, 0.1) is 0 Å². The van der Waals surface area contributed by atoms with Gasteiger partial charge in [-0.1, -0.05) is 65.8 Å². The van der Waals surface area contributed by atoms with Gasteiger partial charge in [0.25, 0.3) is 0 Å². The van der Waals surface area contributed by atoms with Crippen molar-refractivity contribution < 1.29 is 0 Å². The van der Waals surface area contributed by atoms with Crippen LogP contribution in [0.3, 0.4) is 0 Å². The van der Waals surface area contributed by atoms with E-state index < -0.39 is 0 Å². The van der Waals surface area contributed by atoms with E-state index in [0.717, 1.165) is 23.0 Å². The minimum Gasteiger partial charge on any atom is -0.221 e. The van der Waals surface area contributed by atoms with Crippen LogP contribution in [0.1, 0.15) is 64.3 Å². The summed E-state index contributed by atoms with van der Waals surface area (Å²) in [6.07, 6.45) is 3.61. The van der Waals surface area contributed by atoms with Crippen LogP contribution in [-0.2, 0) is 16.2 Å². The minimum atomic E-state index is -0.386. The first-order valence-corrected chi connectivity index (χ1v) is 10.7. The second kappa shape index (κ2) is 6.36. The van der Waals surface area contributed by atoms with Crippen LogP contribution in [0.25, 0.3) is 11.4 Å². The van der Waals surface area contributed by atoms with Crippen molar-refractivity contribution in [2.24, 2.45) is 0 Å². The first kappa shape index (κ1) is 19.7. The number of rotatable bonds is 0. The molecule has 0 N–H and O–H groups in total. The van der Waals surface area contributed by atoms with Crippen LogP contribution >= 0.6 is 0 Å². The smallest absolute Gasteiger partial charge is 0.157 e. The first-order chi connectivity index (χ1) is 14.6. The zero-order chi connectivity index (χ0) is 22.0. The molecule has 158 valence electrons. The van der Waals surface area contributed by atoms with Gasteiger partial charge in [-0.05, 0) is 35.4 Å². The SMILES string of the molecule is CC1(C)c2cccc(c2)-n2cnc(n2)C(C)(C)C(C)(C)c2ncn(n2)-c2cccc1c2. The fraction of sp³-hybridized carbons (Fsp3) is 0.360. The molecular weight excluding hydrogens is 384 g/mol. The van der Waals surface area contributed by atoms with Crippen molar-refractivity contribution in [2.45, 2.75) is 57.8 Å². The average molecular weight is 413 g/mol. The summed E-state index contributed by atoms with van der Waals surface area (Å²) in [6.45, 7) is 13.1. The van der Waals surface area contributed by atoms with Gasteiger partial charge < -0.3 is 0 Å². The molecule has 0 saturated heterocycles. The van der Waals surface area contributed by atoms with Gasteiger partial charge in [-0.15, -0.1) is 0 Å². The van der Waals surface area contributed by atoms with E-state index in [4.69, 9.17) is 20.2 Å². The number of hydrogen-bond acceptors (Lipinski definition) is 4. The van der Waals surface area contributed by atoms with E-state index >= 15 is 0 Å². The number of aromatic nitrogens is 6. The van der Waals surface area contributed by atoms with Crippen LogP contribution in [0.15, 0.2) is 61.2 Å². The summed E-state index contributed by atoms with van der Waals surface area (Å²) in [5.41, 5.74) is 3.47. The van der Waals surface area contributed by atoms with Crippen molar-refractivity contribution in [3.63, 3.8) is 0 Å². The summed E-state index contributed by atoms with van der Waals surface area (Å²) in [5.74, 6) is 1.54. The molecule has 3 heterocycles. The van der Waals surface area contributed by atoms with Crippen LogP contribution in [-0.4, -0.2) is 29.5 Å². The van der Waals surface area contributed by atoms with Crippen molar-refractivity contribution in [3.8, 4) is 11.4 Å². The van der Waals surface area contributed by atoms with Gasteiger partial charge in [0.1, 0.15) is 12.7 Å². The molecule has 6 nitrogen and oxygen atoms in total. The summed E-state index contributed by atoms with van der Waals surface area (Å²) in [6, 6.07) is 17.1. The molecule has 0 radical (unpaired) electrons. The predicted octanol–water partition coefficient (Wildman–Crippen LogP) is 4.74. The molecule has 0 aliphatic carbocycles. The number of fused-ring (bicyclic) bond motifs is 10. The summed E-state index contributed by atoms with van der Waals surface area (Å²) < 4.78 is 3.74. The second-order valence-corrected chi connectivity index (χ2v) is 10.0. The van der Waals surface area contributed by atoms with Gasteiger partial charge in [0.2, 0.25) is 0 Å². The van der Waals surface area contributed by atoms with Crippen molar-refractivity contribution >= 4 is 0 Å². The Kier molecular flexibility index (Phi) is 4.04. The van der Waals surface area contributed by atoms with E-state index in [1.807, 2.05) is 9.36 Å². The lowest BCUT2D eigenvalue weighted by atomic mass is 9.67. The number of hydrogen-bond donors (Lipinski definition) is 0. The third-order valence-corrected chi connectivity index (χ3v) is 7.33. The molecule has 4 aromatic rings. The maximum atomic E-state index is 4.89. The van der Waals surface area contributed by atoms with Gasteiger partial charge in [0.05, 0.1) is 11.4 Å². The fourth-order valence-corrected chi connectivity index (χ4v) is 4.15. The molecule has 2 aromatic heterocycles. The van der Waals surface area contributed by atoms with Gasteiger partial charge in [-0.25, -0.2) is 19.3 Å². The van der Waals surface area contributed by atoms with E-state index in [-0.39, 0.29) is 16.2 Å². The number of nitrogens with zero attached hydrogens (tertiary/aromatic N) is 6. The average Bonchev–Trinajstić information content (AvgIpc) is 3.44. The van der Waals surface area contributed by atoms with Gasteiger partial charge >= 0.3 is 0 Å². The molecule has 6 heteroatoms. The Bertz CT molecular complexity index is 1180. The van der Waals surface area contributed by atoms with Crippen LogP contribution < -0.4 is 0 Å². The maximum Gasteiger partial charge on any atom is 0.157 e. The Labute approximate surface area is 183 Å². The predicted molar refractivity (Wildman–Crippen MR) is 121 cm³/mol. The Morgan fingerprint density at radius 1 is 0.613 bits per heavy atom. The van der Waals surface area contributed by atoms with Crippen molar-refractivity contribution in [2.75, 3.05) is 0 Å². The summed E-state index contributed by atoms with van der Waals surface area (Å²) >= 11 is 0. The third kappa shape index (κ3) is 2.85. The lowest BCUT2D eigenvalue weighted by Crippen LogP contribution is -2.42. The molecule has 5 rings (SSSR count). The Morgan fingerprint density at radius 2 is 1.03 bits per heavy atom. The van der Waals surface area contributed by atoms with Gasteiger partial charge in [0.15, 0.2) is 11.6 Å². The van der Waals surface area contributed by atoms with Gasteiger partial charge in [-0.3, -0.25) is 0 Å². The van der Waals surface area contributed by atoms with Gasteiger partial charge in [-0.2, -0.15) is 10.2 Å². The van der Waals surface area contributed by atoms with E-state index in [1.165, 1.54) is 11.1 Å². The zero-order valence-corrected chi connectivity index (χ0v) is 19.0. The maximum absolute atomic E-state index is 4.89. The molecule has 0 atom stereocenters. The van der Waals surface area contributed by atoms with Crippen LogP contribution in [0.4, 0.5) is 0 Å². The summed E-state index contributed by atoms with van der Waals surface area (Å²) in [4.78, 5) is 9.40. The quantitative estimate of drug-likeness (QED) is 0.418. The van der Waals surface area contributed by atoms with Crippen LogP contribution in [0.5, 0.6) is 0 Å². The molecular formula is C25H28N6. The summed E-state index contributed by atoms with van der Waals surface area (Å²) in [5, 5.41) is 9.77. The standard InChI is InChI=1S/C25H28N6/c1-23(2)17-9-7-11-19(13-17)30-15-26-21(28-30)24(3,4)25(5,6)22-27-16-31(29-22)20-12-8-10-18(23)14-20/h7-16H,1-6H3. The molecule has 31 heavy (non-hydrogen) atoms. The molecule has 1 aliphatic rings. The molecule has 0 unspecified atom stereocenters. The zero-order valence-electron chi connectivity index (χ0n) is 19.0. The molecule has 0 amide bonds. The van der Waals surface area contributed by atoms with E-state index in [9.17, 15) is 0 Å². The Hall–Kier alpha value is -3.28. The highest BCUT2D eigenvalue weighted by Gasteiger charge is 2.45. The van der Waals surface area contributed by atoms with E-state index in [0.29, 0.717) is 0 Å². The summed E-state index contributed by atoms with van der Waals surface area (Å²) in [7, 11) is 0. The van der Waals surface area contributed by atoms with Crippen LogP contribution in [0.2, 0.25) is 0 Å². The van der Waals surface area contributed by atoms with E-state index in [2.05, 4.69) is 90.1 Å². The Balaban J connectivity index is 1.81. The van der Waals surface area contributed by atoms with Crippen molar-refractivity contribution in [3.05, 3.63) is 84.0 Å². The molecule has 0 saturated carbocycles. The first-order valence-electron chi connectivity index (χ1n) is 10.7. The monoisotopic (exact) mass is 412 g/mol. The Morgan fingerprint density at radius 3 is 1.45 bits per heavy atom. The molecule has 1 aliphatic heterocycles. The second-order valence-electron chi connectivity index (χ2n) is 10.0. The minimum absolute atomic E-state index is 0.197. The molecule has 8 bridgehead atoms. The highest BCUT2D eigenvalue weighted by Crippen LogP contribution is 2.41. The third-order valence-electron chi connectivity index (χ3n) is 7.33. The highest BCUT2D eigenvalue weighted by molar-refractivity contribution is 5.47. The van der Waals surface area contributed by atoms with Gasteiger partial charge in [0, 0.05) is 16.2 Å².